The third-order valence-corrected chi connectivity index (χ3v) is 5.66. The number of aryl methyl sites for hydroxylation is 2. The number of hydrogen-bond acceptors (Lipinski definition) is 3. The maximum atomic E-state index is 3.61. The lowest BCUT2D eigenvalue weighted by molar-refractivity contribution is 0.578. The van der Waals surface area contributed by atoms with Crippen LogP contribution >= 0.6 is 38.6 Å². The van der Waals surface area contributed by atoms with Crippen LogP contribution in [-0.4, -0.2) is 6.54 Å². The molecule has 98 valence electrons. The molecule has 1 nitrogen and oxygen atoms in total. The van der Waals surface area contributed by atoms with E-state index in [0.29, 0.717) is 6.04 Å². The Morgan fingerprint density at radius 1 is 1.28 bits per heavy atom. The van der Waals surface area contributed by atoms with E-state index in [2.05, 4.69) is 60.2 Å². The first-order valence-corrected chi connectivity index (χ1v) is 8.53. The minimum Gasteiger partial charge on any atom is -0.310 e. The largest absolute Gasteiger partial charge is 0.310 e. The van der Waals surface area contributed by atoms with E-state index in [1.807, 2.05) is 22.7 Å². The van der Waals surface area contributed by atoms with E-state index in [9.17, 15) is 0 Å². The Bertz CT molecular complexity index is 516. The standard InChI is InChI=1S/C14H18BrNS2/c1-9-8-13(11(3)17-9)10(2)16-7-6-12-4-5-14(15)18-12/h4-5,8,10,16H,6-7H2,1-3H3. The molecule has 0 amide bonds. The van der Waals surface area contributed by atoms with Crippen LogP contribution in [0, 0.1) is 13.8 Å². The highest BCUT2D eigenvalue weighted by molar-refractivity contribution is 9.11. The number of rotatable bonds is 5. The van der Waals surface area contributed by atoms with E-state index in [1.165, 1.54) is 24.0 Å². The van der Waals surface area contributed by atoms with Gasteiger partial charge >= 0.3 is 0 Å². The number of hydrogen-bond donors (Lipinski definition) is 1. The molecule has 1 unspecified atom stereocenters. The molecule has 2 rings (SSSR count). The first kappa shape index (κ1) is 14.3. The highest BCUT2D eigenvalue weighted by Crippen LogP contribution is 2.26. The highest BCUT2D eigenvalue weighted by Gasteiger charge is 2.10. The Labute approximate surface area is 125 Å². The highest BCUT2D eigenvalue weighted by atomic mass is 79.9. The molecule has 2 heterocycles. The van der Waals surface area contributed by atoms with Gasteiger partial charge in [0.15, 0.2) is 0 Å². The Kier molecular flexibility index (Phi) is 5.01. The lowest BCUT2D eigenvalue weighted by Crippen LogP contribution is -2.21. The molecule has 0 saturated carbocycles. The second kappa shape index (κ2) is 6.33. The molecular weight excluding hydrogens is 326 g/mol. The predicted octanol–water partition coefficient (Wildman–Crippen LogP) is 5.08. The Hall–Kier alpha value is -0.160. The fourth-order valence-corrected chi connectivity index (χ4v) is 4.59. The number of thiophene rings is 2. The van der Waals surface area contributed by atoms with Gasteiger partial charge < -0.3 is 5.32 Å². The number of halogens is 1. The molecule has 2 aromatic heterocycles. The minimum atomic E-state index is 0.443. The lowest BCUT2D eigenvalue weighted by atomic mass is 10.1. The van der Waals surface area contributed by atoms with Crippen molar-refractivity contribution in [3.8, 4) is 0 Å². The van der Waals surface area contributed by atoms with Crippen molar-refractivity contribution in [3.63, 3.8) is 0 Å². The summed E-state index contributed by atoms with van der Waals surface area (Å²) in [6.45, 7) is 7.67. The Morgan fingerprint density at radius 3 is 2.61 bits per heavy atom. The molecule has 0 radical (unpaired) electrons. The molecular formula is C14H18BrNS2. The third-order valence-electron chi connectivity index (χ3n) is 3.00. The van der Waals surface area contributed by atoms with Crippen LogP contribution < -0.4 is 5.32 Å². The van der Waals surface area contributed by atoms with Gasteiger partial charge in [0.1, 0.15) is 0 Å². The maximum absolute atomic E-state index is 3.61. The summed E-state index contributed by atoms with van der Waals surface area (Å²) in [4.78, 5) is 4.27. The van der Waals surface area contributed by atoms with Crippen molar-refractivity contribution in [2.24, 2.45) is 0 Å². The Morgan fingerprint density at radius 2 is 2.06 bits per heavy atom. The van der Waals surface area contributed by atoms with E-state index >= 15 is 0 Å². The molecule has 0 bridgehead atoms. The Balaban J connectivity index is 1.85. The SMILES string of the molecule is Cc1cc(C(C)NCCc2ccc(Br)s2)c(C)s1. The summed E-state index contributed by atoms with van der Waals surface area (Å²) in [5.74, 6) is 0. The molecule has 1 N–H and O–H groups in total. The van der Waals surface area contributed by atoms with Gasteiger partial charge in [0.25, 0.3) is 0 Å². The van der Waals surface area contributed by atoms with Crippen molar-refractivity contribution in [3.05, 3.63) is 42.2 Å². The average molecular weight is 344 g/mol. The van der Waals surface area contributed by atoms with Crippen molar-refractivity contribution in [1.82, 2.24) is 5.32 Å². The van der Waals surface area contributed by atoms with Crippen LogP contribution in [-0.2, 0) is 6.42 Å². The summed E-state index contributed by atoms with van der Waals surface area (Å²) in [5, 5.41) is 3.61. The van der Waals surface area contributed by atoms with Crippen LogP contribution in [0.15, 0.2) is 22.0 Å². The quantitative estimate of drug-likeness (QED) is 0.797. The predicted molar refractivity (Wildman–Crippen MR) is 85.9 cm³/mol. The van der Waals surface area contributed by atoms with Gasteiger partial charge in [0.05, 0.1) is 3.79 Å². The maximum Gasteiger partial charge on any atom is 0.0701 e. The van der Waals surface area contributed by atoms with Crippen LogP contribution in [0.4, 0.5) is 0 Å². The minimum absolute atomic E-state index is 0.443. The average Bonchev–Trinajstić information content (AvgIpc) is 2.85. The van der Waals surface area contributed by atoms with Crippen LogP contribution in [0.2, 0.25) is 0 Å². The molecule has 18 heavy (non-hydrogen) atoms. The molecule has 0 spiro atoms. The third kappa shape index (κ3) is 3.67. The zero-order valence-corrected chi connectivity index (χ0v) is 14.1. The first-order chi connectivity index (χ1) is 8.56. The molecule has 0 aliphatic carbocycles. The number of nitrogens with one attached hydrogen (secondary N) is 1. The van der Waals surface area contributed by atoms with E-state index in [4.69, 9.17) is 0 Å². The molecule has 4 heteroatoms. The summed E-state index contributed by atoms with van der Waals surface area (Å²) in [6, 6.07) is 7.06. The smallest absolute Gasteiger partial charge is 0.0701 e. The zero-order chi connectivity index (χ0) is 13.1. The van der Waals surface area contributed by atoms with Gasteiger partial charge in [-0.1, -0.05) is 0 Å². The first-order valence-electron chi connectivity index (χ1n) is 6.11. The molecule has 0 aliphatic rings. The van der Waals surface area contributed by atoms with Crippen molar-refractivity contribution in [2.75, 3.05) is 6.54 Å². The fourth-order valence-electron chi connectivity index (χ4n) is 2.09. The van der Waals surface area contributed by atoms with Gasteiger partial charge in [0, 0.05) is 27.2 Å². The molecule has 0 aromatic carbocycles. The van der Waals surface area contributed by atoms with E-state index in [1.54, 1.807) is 0 Å². The van der Waals surface area contributed by atoms with Crippen LogP contribution in [0.3, 0.4) is 0 Å². The van der Waals surface area contributed by atoms with Gasteiger partial charge in [-0.15, -0.1) is 22.7 Å². The summed E-state index contributed by atoms with van der Waals surface area (Å²) in [7, 11) is 0. The van der Waals surface area contributed by atoms with E-state index in [0.717, 1.165) is 13.0 Å². The van der Waals surface area contributed by atoms with Crippen molar-refractivity contribution >= 4 is 38.6 Å². The van der Waals surface area contributed by atoms with Crippen molar-refractivity contribution in [2.45, 2.75) is 33.2 Å². The second-order valence-electron chi connectivity index (χ2n) is 4.50. The van der Waals surface area contributed by atoms with Gasteiger partial charge in [-0.05, 0) is 66.9 Å². The molecule has 0 aliphatic heterocycles. The molecule has 2 aromatic rings. The van der Waals surface area contributed by atoms with Crippen molar-refractivity contribution in [1.29, 1.82) is 0 Å². The van der Waals surface area contributed by atoms with Gasteiger partial charge in [-0.2, -0.15) is 0 Å². The van der Waals surface area contributed by atoms with Crippen LogP contribution in [0.25, 0.3) is 0 Å². The zero-order valence-electron chi connectivity index (χ0n) is 10.9. The monoisotopic (exact) mass is 343 g/mol. The summed E-state index contributed by atoms with van der Waals surface area (Å²) in [5.41, 5.74) is 1.45. The van der Waals surface area contributed by atoms with E-state index in [-0.39, 0.29) is 0 Å². The summed E-state index contributed by atoms with van der Waals surface area (Å²) < 4.78 is 1.22. The topological polar surface area (TPSA) is 12.0 Å². The summed E-state index contributed by atoms with van der Waals surface area (Å²) in [6.07, 6.45) is 1.10. The fraction of sp³-hybridized carbons (Fsp3) is 0.429. The van der Waals surface area contributed by atoms with Crippen LogP contribution in [0.1, 0.15) is 33.2 Å². The van der Waals surface area contributed by atoms with E-state index < -0.39 is 0 Å². The molecule has 0 saturated heterocycles. The van der Waals surface area contributed by atoms with Crippen molar-refractivity contribution < 1.29 is 0 Å². The van der Waals surface area contributed by atoms with Gasteiger partial charge in [-0.3, -0.25) is 0 Å². The van der Waals surface area contributed by atoms with Crippen LogP contribution in [0.5, 0.6) is 0 Å². The molecule has 0 fully saturated rings. The van der Waals surface area contributed by atoms with Gasteiger partial charge in [-0.25, -0.2) is 0 Å². The lowest BCUT2D eigenvalue weighted by Gasteiger charge is -2.13. The molecule has 1 atom stereocenters. The van der Waals surface area contributed by atoms with Gasteiger partial charge in [0.2, 0.25) is 0 Å². The summed E-state index contributed by atoms with van der Waals surface area (Å²) >= 11 is 7.21. The normalized spacial score (nSPS) is 12.9. The second-order valence-corrected chi connectivity index (χ2v) is 8.51.